The molecule has 0 aliphatic rings. The lowest BCUT2D eigenvalue weighted by Gasteiger charge is -2.22. The zero-order valence-corrected chi connectivity index (χ0v) is 12.3. The zero-order chi connectivity index (χ0) is 14.8. The molecule has 1 aromatic rings. The van der Waals surface area contributed by atoms with E-state index in [1.807, 2.05) is 24.3 Å². The summed E-state index contributed by atoms with van der Waals surface area (Å²) in [6.45, 7) is 2.40. The van der Waals surface area contributed by atoms with Crippen LogP contribution in [0.25, 0.3) is 0 Å². The largest absolute Gasteiger partial charge is 0.497 e. The third-order valence-electron chi connectivity index (χ3n) is 3.06. The first-order valence-corrected chi connectivity index (χ1v) is 6.81. The maximum Gasteiger partial charge on any atom is 0.227 e. The molecule has 0 heterocycles. The Hall–Kier alpha value is -1.59. The fraction of sp³-hybridized carbons (Fsp3) is 0.533. The summed E-state index contributed by atoms with van der Waals surface area (Å²) >= 11 is 0. The van der Waals surface area contributed by atoms with Crippen LogP contribution in [0.4, 0.5) is 0 Å². The lowest BCUT2D eigenvalue weighted by atomic mass is 10.1. The fourth-order valence-corrected chi connectivity index (χ4v) is 1.87. The van der Waals surface area contributed by atoms with Crippen LogP contribution in [-0.2, 0) is 16.0 Å². The minimum absolute atomic E-state index is 0.0978. The van der Waals surface area contributed by atoms with Crippen LogP contribution in [0.1, 0.15) is 12.0 Å². The van der Waals surface area contributed by atoms with E-state index < -0.39 is 0 Å². The number of carbonyl (C=O) groups is 1. The van der Waals surface area contributed by atoms with Crippen LogP contribution < -0.4 is 10.5 Å². The standard InChI is InChI=1S/C15H24N2O3/c1-19-11-10-17(9-3-8-16)15(18)12-13-4-6-14(20-2)7-5-13/h4-7H,3,8-12,16H2,1-2H3. The van der Waals surface area contributed by atoms with Crippen LogP contribution in [-0.4, -0.2) is 51.3 Å². The van der Waals surface area contributed by atoms with Crippen molar-refractivity contribution >= 4 is 5.91 Å². The molecule has 5 heteroatoms. The summed E-state index contributed by atoms with van der Waals surface area (Å²) in [7, 11) is 3.26. The molecule has 0 radical (unpaired) electrons. The Balaban J connectivity index is 2.58. The first-order valence-electron chi connectivity index (χ1n) is 6.81. The number of methoxy groups -OCH3 is 2. The quantitative estimate of drug-likeness (QED) is 0.734. The van der Waals surface area contributed by atoms with E-state index >= 15 is 0 Å². The number of carbonyl (C=O) groups excluding carboxylic acids is 1. The van der Waals surface area contributed by atoms with Gasteiger partial charge in [-0.2, -0.15) is 0 Å². The summed E-state index contributed by atoms with van der Waals surface area (Å²) in [6, 6.07) is 7.55. The Morgan fingerprint density at radius 3 is 2.45 bits per heavy atom. The van der Waals surface area contributed by atoms with E-state index in [4.69, 9.17) is 15.2 Å². The molecule has 0 spiro atoms. The smallest absolute Gasteiger partial charge is 0.227 e. The molecule has 1 aromatic carbocycles. The van der Waals surface area contributed by atoms with Gasteiger partial charge in [0.15, 0.2) is 0 Å². The van der Waals surface area contributed by atoms with Crippen LogP contribution in [0.5, 0.6) is 5.75 Å². The first kappa shape index (κ1) is 16.5. The van der Waals surface area contributed by atoms with E-state index in [0.29, 0.717) is 32.7 Å². The second kappa shape index (κ2) is 9.34. The van der Waals surface area contributed by atoms with E-state index in [2.05, 4.69) is 0 Å². The van der Waals surface area contributed by atoms with Gasteiger partial charge in [-0.15, -0.1) is 0 Å². The molecule has 112 valence electrons. The van der Waals surface area contributed by atoms with Gasteiger partial charge in [0.2, 0.25) is 5.91 Å². The van der Waals surface area contributed by atoms with Gasteiger partial charge in [-0.25, -0.2) is 0 Å². The van der Waals surface area contributed by atoms with Crippen molar-refractivity contribution in [2.45, 2.75) is 12.8 Å². The highest BCUT2D eigenvalue weighted by Gasteiger charge is 2.13. The van der Waals surface area contributed by atoms with Crippen LogP contribution in [0.15, 0.2) is 24.3 Å². The molecule has 0 saturated heterocycles. The summed E-state index contributed by atoms with van der Waals surface area (Å²) in [5, 5.41) is 0. The molecule has 2 N–H and O–H groups in total. The lowest BCUT2D eigenvalue weighted by molar-refractivity contribution is -0.131. The van der Waals surface area contributed by atoms with Gasteiger partial charge in [-0.1, -0.05) is 12.1 Å². The number of hydrogen-bond donors (Lipinski definition) is 1. The Morgan fingerprint density at radius 2 is 1.90 bits per heavy atom. The van der Waals surface area contributed by atoms with Crippen molar-refractivity contribution in [1.82, 2.24) is 4.90 Å². The van der Waals surface area contributed by atoms with E-state index in [-0.39, 0.29) is 5.91 Å². The van der Waals surface area contributed by atoms with Gasteiger partial charge >= 0.3 is 0 Å². The van der Waals surface area contributed by atoms with Gasteiger partial charge in [-0.05, 0) is 30.7 Å². The average Bonchev–Trinajstić information content (AvgIpc) is 2.48. The van der Waals surface area contributed by atoms with Crippen molar-refractivity contribution in [3.63, 3.8) is 0 Å². The number of hydrogen-bond acceptors (Lipinski definition) is 4. The third kappa shape index (κ3) is 5.59. The first-order chi connectivity index (χ1) is 9.71. The van der Waals surface area contributed by atoms with Gasteiger partial charge < -0.3 is 20.1 Å². The second-order valence-corrected chi connectivity index (χ2v) is 4.54. The molecule has 20 heavy (non-hydrogen) atoms. The molecule has 0 unspecified atom stereocenters. The van der Waals surface area contributed by atoms with E-state index in [0.717, 1.165) is 17.7 Å². The van der Waals surface area contributed by atoms with Crippen LogP contribution in [0, 0.1) is 0 Å². The topological polar surface area (TPSA) is 64.8 Å². The third-order valence-corrected chi connectivity index (χ3v) is 3.06. The number of amides is 1. The lowest BCUT2D eigenvalue weighted by Crippen LogP contribution is -2.36. The highest BCUT2D eigenvalue weighted by molar-refractivity contribution is 5.78. The summed E-state index contributed by atoms with van der Waals surface area (Å²) in [5.41, 5.74) is 6.48. The Morgan fingerprint density at radius 1 is 1.20 bits per heavy atom. The summed E-state index contributed by atoms with van der Waals surface area (Å²) in [6.07, 6.45) is 1.19. The highest BCUT2D eigenvalue weighted by Crippen LogP contribution is 2.12. The Bertz CT molecular complexity index is 385. The van der Waals surface area contributed by atoms with Crippen molar-refractivity contribution < 1.29 is 14.3 Å². The number of benzene rings is 1. The molecular formula is C15H24N2O3. The number of nitrogens with two attached hydrogens (primary N) is 1. The maximum absolute atomic E-state index is 12.3. The van der Waals surface area contributed by atoms with Crippen molar-refractivity contribution in [3.8, 4) is 5.75 Å². The number of ether oxygens (including phenoxy) is 2. The fourth-order valence-electron chi connectivity index (χ4n) is 1.87. The minimum atomic E-state index is 0.0978. The van der Waals surface area contributed by atoms with Gasteiger partial charge in [0.05, 0.1) is 20.1 Å². The number of nitrogens with zero attached hydrogens (tertiary/aromatic N) is 1. The molecule has 5 nitrogen and oxygen atoms in total. The maximum atomic E-state index is 12.3. The van der Waals surface area contributed by atoms with Crippen molar-refractivity contribution in [2.24, 2.45) is 5.73 Å². The molecule has 1 amide bonds. The van der Waals surface area contributed by atoms with E-state index in [1.165, 1.54) is 0 Å². The predicted octanol–water partition coefficient (Wildman–Crippen LogP) is 1.06. The summed E-state index contributed by atoms with van der Waals surface area (Å²) in [5.74, 6) is 0.890. The van der Waals surface area contributed by atoms with Crippen molar-refractivity contribution in [2.75, 3.05) is 40.5 Å². The zero-order valence-electron chi connectivity index (χ0n) is 12.3. The molecule has 1 rings (SSSR count). The molecule has 0 aliphatic carbocycles. The van der Waals surface area contributed by atoms with Crippen molar-refractivity contribution in [3.05, 3.63) is 29.8 Å². The van der Waals surface area contributed by atoms with Crippen LogP contribution in [0.3, 0.4) is 0 Å². The van der Waals surface area contributed by atoms with Crippen LogP contribution in [0.2, 0.25) is 0 Å². The van der Waals surface area contributed by atoms with E-state index in [9.17, 15) is 4.79 Å². The average molecular weight is 280 g/mol. The molecular weight excluding hydrogens is 256 g/mol. The second-order valence-electron chi connectivity index (χ2n) is 4.54. The molecule has 0 bridgehead atoms. The summed E-state index contributed by atoms with van der Waals surface area (Å²) < 4.78 is 10.1. The van der Waals surface area contributed by atoms with Gasteiger partial charge in [0.1, 0.15) is 5.75 Å². The Labute approximate surface area is 120 Å². The SMILES string of the molecule is COCCN(CCCN)C(=O)Cc1ccc(OC)cc1. The van der Waals surface area contributed by atoms with Gasteiger partial charge in [0, 0.05) is 20.2 Å². The Kier molecular flexibility index (Phi) is 7.69. The molecule has 0 saturated carbocycles. The van der Waals surface area contributed by atoms with Crippen molar-refractivity contribution in [1.29, 1.82) is 0 Å². The predicted molar refractivity (Wildman–Crippen MR) is 78.8 cm³/mol. The molecule has 0 fully saturated rings. The normalized spacial score (nSPS) is 10.3. The van der Waals surface area contributed by atoms with Gasteiger partial charge in [0.25, 0.3) is 0 Å². The van der Waals surface area contributed by atoms with Crippen LogP contribution >= 0.6 is 0 Å². The number of rotatable bonds is 9. The monoisotopic (exact) mass is 280 g/mol. The minimum Gasteiger partial charge on any atom is -0.497 e. The highest BCUT2D eigenvalue weighted by atomic mass is 16.5. The molecule has 0 aliphatic heterocycles. The van der Waals surface area contributed by atoms with Gasteiger partial charge in [-0.3, -0.25) is 4.79 Å². The molecule has 0 atom stereocenters. The molecule has 0 aromatic heterocycles. The van der Waals surface area contributed by atoms with E-state index in [1.54, 1.807) is 19.1 Å². The summed E-state index contributed by atoms with van der Waals surface area (Å²) in [4.78, 5) is 14.1.